The molecular weight excluding hydrogens is 228 g/mol. The summed E-state index contributed by atoms with van der Waals surface area (Å²) in [6, 6.07) is 0. The van der Waals surface area contributed by atoms with E-state index in [9.17, 15) is 0 Å². The van der Waals surface area contributed by atoms with Gasteiger partial charge in [-0.1, -0.05) is 11.6 Å². The maximum absolute atomic E-state index is 5.61. The molecule has 0 spiro atoms. The summed E-state index contributed by atoms with van der Waals surface area (Å²) in [6.45, 7) is 7.58. The highest BCUT2D eigenvalue weighted by Crippen LogP contribution is 2.06. The van der Waals surface area contributed by atoms with Gasteiger partial charge >= 0.3 is 0 Å². The van der Waals surface area contributed by atoms with Gasteiger partial charge in [0.05, 0.1) is 43.5 Å². The molecule has 0 aromatic carbocycles. The van der Waals surface area contributed by atoms with Crippen molar-refractivity contribution in [2.45, 2.75) is 33.0 Å². The molecule has 0 saturated carbocycles. The molecule has 0 bridgehead atoms. The van der Waals surface area contributed by atoms with Crippen LogP contribution >= 0.6 is 11.6 Å². The molecule has 0 saturated heterocycles. The van der Waals surface area contributed by atoms with Gasteiger partial charge in [-0.15, -0.1) is 0 Å². The third kappa shape index (κ3) is 6.00. The minimum atomic E-state index is -0.122. The number of ether oxygens (including phenoxy) is 2. The molecule has 0 aliphatic rings. The smallest absolute Gasteiger partial charge is 0.147 e. The first-order valence-corrected chi connectivity index (χ1v) is 5.53. The SMILES string of the molecule is CC(C)(C)OCCOCc1cnc(Cl)cn1. The third-order valence-electron chi connectivity index (χ3n) is 1.69. The highest BCUT2D eigenvalue weighted by atomic mass is 35.5. The summed E-state index contributed by atoms with van der Waals surface area (Å²) in [4.78, 5) is 7.97. The average Bonchev–Trinajstić information content (AvgIpc) is 2.19. The van der Waals surface area contributed by atoms with E-state index in [1.165, 1.54) is 6.20 Å². The molecule has 90 valence electrons. The Balaban J connectivity index is 2.14. The predicted octanol–water partition coefficient (Wildman–Crippen LogP) is 2.46. The van der Waals surface area contributed by atoms with E-state index in [-0.39, 0.29) is 5.60 Å². The van der Waals surface area contributed by atoms with Crippen LogP contribution in [0.3, 0.4) is 0 Å². The number of nitrogens with zero attached hydrogens (tertiary/aromatic N) is 2. The van der Waals surface area contributed by atoms with Gasteiger partial charge in [-0.25, -0.2) is 4.98 Å². The molecule has 0 unspecified atom stereocenters. The molecule has 0 aliphatic carbocycles. The minimum absolute atomic E-state index is 0.122. The maximum atomic E-state index is 5.61. The van der Waals surface area contributed by atoms with Gasteiger partial charge in [0.15, 0.2) is 0 Å². The van der Waals surface area contributed by atoms with Gasteiger partial charge in [0.25, 0.3) is 0 Å². The summed E-state index contributed by atoms with van der Waals surface area (Å²) in [5, 5.41) is 0.389. The topological polar surface area (TPSA) is 44.2 Å². The first-order chi connectivity index (χ1) is 7.47. The number of halogens is 1. The molecule has 1 aromatic heterocycles. The van der Waals surface area contributed by atoms with E-state index in [2.05, 4.69) is 9.97 Å². The van der Waals surface area contributed by atoms with E-state index in [0.717, 1.165) is 5.69 Å². The lowest BCUT2D eigenvalue weighted by Gasteiger charge is -2.19. The number of aromatic nitrogens is 2. The van der Waals surface area contributed by atoms with Crippen molar-refractivity contribution in [2.75, 3.05) is 13.2 Å². The fraction of sp³-hybridized carbons (Fsp3) is 0.636. The number of rotatable bonds is 5. The Morgan fingerprint density at radius 3 is 2.50 bits per heavy atom. The van der Waals surface area contributed by atoms with Crippen molar-refractivity contribution < 1.29 is 9.47 Å². The summed E-state index contributed by atoms with van der Waals surface area (Å²) in [6.07, 6.45) is 3.11. The summed E-state index contributed by atoms with van der Waals surface area (Å²) in [7, 11) is 0. The molecule has 0 amide bonds. The number of hydrogen-bond acceptors (Lipinski definition) is 4. The molecule has 0 atom stereocenters. The molecule has 1 rings (SSSR count). The van der Waals surface area contributed by atoms with Crippen molar-refractivity contribution in [2.24, 2.45) is 0 Å². The van der Waals surface area contributed by atoms with E-state index >= 15 is 0 Å². The van der Waals surface area contributed by atoms with Crippen molar-refractivity contribution in [3.05, 3.63) is 23.2 Å². The fourth-order valence-corrected chi connectivity index (χ4v) is 1.09. The molecule has 0 aliphatic heterocycles. The van der Waals surface area contributed by atoms with Crippen LogP contribution in [0, 0.1) is 0 Å². The lowest BCUT2D eigenvalue weighted by Crippen LogP contribution is -2.21. The van der Waals surface area contributed by atoms with E-state index in [4.69, 9.17) is 21.1 Å². The monoisotopic (exact) mass is 244 g/mol. The first kappa shape index (κ1) is 13.4. The van der Waals surface area contributed by atoms with Crippen LogP contribution in [0.4, 0.5) is 0 Å². The van der Waals surface area contributed by atoms with Gasteiger partial charge in [-0.2, -0.15) is 0 Å². The second kappa shape index (κ2) is 6.13. The summed E-state index contributed by atoms with van der Waals surface area (Å²) in [5.41, 5.74) is 0.642. The first-order valence-electron chi connectivity index (χ1n) is 5.15. The Hall–Kier alpha value is -0.710. The zero-order chi connectivity index (χ0) is 12.0. The van der Waals surface area contributed by atoms with Crippen molar-refractivity contribution >= 4 is 11.6 Å². The molecular formula is C11H17ClN2O2. The Morgan fingerprint density at radius 1 is 1.19 bits per heavy atom. The molecule has 0 fully saturated rings. The van der Waals surface area contributed by atoms with Crippen LogP contribution < -0.4 is 0 Å². The highest BCUT2D eigenvalue weighted by Gasteiger charge is 2.08. The quantitative estimate of drug-likeness (QED) is 0.747. The van der Waals surface area contributed by atoms with Crippen LogP contribution in [0.25, 0.3) is 0 Å². The van der Waals surface area contributed by atoms with Crippen molar-refractivity contribution in [1.29, 1.82) is 0 Å². The van der Waals surface area contributed by atoms with Crippen LogP contribution in [0.1, 0.15) is 26.5 Å². The molecule has 0 radical (unpaired) electrons. The normalized spacial score (nSPS) is 11.8. The molecule has 5 heteroatoms. The van der Waals surface area contributed by atoms with Gasteiger partial charge in [0.1, 0.15) is 5.15 Å². The van der Waals surface area contributed by atoms with Crippen molar-refractivity contribution in [1.82, 2.24) is 9.97 Å². The molecule has 1 aromatic rings. The molecule has 16 heavy (non-hydrogen) atoms. The Bertz CT molecular complexity index is 309. The lowest BCUT2D eigenvalue weighted by atomic mass is 10.2. The van der Waals surface area contributed by atoms with Crippen LogP contribution in [0.15, 0.2) is 12.4 Å². The lowest BCUT2D eigenvalue weighted by molar-refractivity contribution is -0.0380. The summed E-state index contributed by atoms with van der Waals surface area (Å²) >= 11 is 5.61. The van der Waals surface area contributed by atoms with Gasteiger partial charge in [-0.3, -0.25) is 4.98 Å². The van der Waals surface area contributed by atoms with Crippen LogP contribution in [-0.2, 0) is 16.1 Å². The maximum Gasteiger partial charge on any atom is 0.147 e. The van der Waals surface area contributed by atoms with E-state index in [1.807, 2.05) is 20.8 Å². The van der Waals surface area contributed by atoms with Crippen LogP contribution in [-0.4, -0.2) is 28.8 Å². The zero-order valence-corrected chi connectivity index (χ0v) is 10.6. The van der Waals surface area contributed by atoms with E-state index in [0.29, 0.717) is 25.0 Å². The minimum Gasteiger partial charge on any atom is -0.373 e. The second-order valence-electron chi connectivity index (χ2n) is 4.34. The highest BCUT2D eigenvalue weighted by molar-refractivity contribution is 6.29. The number of hydrogen-bond donors (Lipinski definition) is 0. The van der Waals surface area contributed by atoms with Crippen molar-refractivity contribution in [3.63, 3.8) is 0 Å². The van der Waals surface area contributed by atoms with E-state index < -0.39 is 0 Å². The standard InChI is InChI=1S/C11H17ClN2O2/c1-11(2,3)16-5-4-15-8-9-6-14-10(12)7-13-9/h6-7H,4-5,8H2,1-3H3. The van der Waals surface area contributed by atoms with Gasteiger partial charge in [0, 0.05) is 0 Å². The summed E-state index contributed by atoms with van der Waals surface area (Å²) in [5.74, 6) is 0. The Morgan fingerprint density at radius 2 is 1.94 bits per heavy atom. The fourth-order valence-electron chi connectivity index (χ4n) is 0.997. The van der Waals surface area contributed by atoms with Gasteiger partial charge < -0.3 is 9.47 Å². The molecule has 4 nitrogen and oxygen atoms in total. The van der Waals surface area contributed by atoms with Crippen LogP contribution in [0.2, 0.25) is 5.15 Å². The molecule has 0 N–H and O–H groups in total. The molecule has 1 heterocycles. The van der Waals surface area contributed by atoms with Crippen LogP contribution in [0.5, 0.6) is 0 Å². The predicted molar refractivity (Wildman–Crippen MR) is 62.4 cm³/mol. The van der Waals surface area contributed by atoms with Gasteiger partial charge in [0.2, 0.25) is 0 Å². The Kier molecular flexibility index (Phi) is 5.12. The average molecular weight is 245 g/mol. The van der Waals surface area contributed by atoms with Gasteiger partial charge in [-0.05, 0) is 20.8 Å². The Labute approximate surface area is 101 Å². The largest absolute Gasteiger partial charge is 0.373 e. The van der Waals surface area contributed by atoms with Crippen molar-refractivity contribution in [3.8, 4) is 0 Å². The second-order valence-corrected chi connectivity index (χ2v) is 4.73. The summed E-state index contributed by atoms with van der Waals surface area (Å²) < 4.78 is 10.9. The third-order valence-corrected chi connectivity index (χ3v) is 1.88. The van der Waals surface area contributed by atoms with E-state index in [1.54, 1.807) is 6.20 Å². The zero-order valence-electron chi connectivity index (χ0n) is 9.86.